The Kier molecular flexibility index (Phi) is 8.47. The second-order valence-electron chi connectivity index (χ2n) is 4.78. The van der Waals surface area contributed by atoms with Gasteiger partial charge in [0.1, 0.15) is 12.4 Å². The van der Waals surface area contributed by atoms with Gasteiger partial charge in [0.05, 0.1) is 18.8 Å². The molecule has 0 fully saturated rings. The summed E-state index contributed by atoms with van der Waals surface area (Å²) in [6, 6.07) is 7.74. The molecule has 0 saturated carbocycles. The van der Waals surface area contributed by atoms with Crippen molar-refractivity contribution in [2.45, 2.75) is 33.2 Å². The number of carbonyl (C=O) groups excluding carboxylic acids is 1. The van der Waals surface area contributed by atoms with Gasteiger partial charge in [-0.15, -0.1) is 0 Å². The Morgan fingerprint density at radius 1 is 1.24 bits per heavy atom. The van der Waals surface area contributed by atoms with Crippen molar-refractivity contribution in [2.24, 2.45) is 0 Å². The van der Waals surface area contributed by atoms with Crippen LogP contribution in [-0.2, 0) is 9.53 Å². The van der Waals surface area contributed by atoms with Gasteiger partial charge < -0.3 is 20.1 Å². The average Bonchev–Trinajstić information content (AvgIpc) is 2.50. The predicted octanol–water partition coefficient (Wildman–Crippen LogP) is 2.43. The molecule has 21 heavy (non-hydrogen) atoms. The predicted molar refractivity (Wildman–Crippen MR) is 84.8 cm³/mol. The molecular formula is C16H26N2O3. The van der Waals surface area contributed by atoms with Gasteiger partial charge in [0.2, 0.25) is 5.91 Å². The topological polar surface area (TPSA) is 59.6 Å². The van der Waals surface area contributed by atoms with E-state index in [-0.39, 0.29) is 5.91 Å². The van der Waals surface area contributed by atoms with E-state index in [1.54, 1.807) is 0 Å². The summed E-state index contributed by atoms with van der Waals surface area (Å²) in [6.45, 7) is 8.04. The highest BCUT2D eigenvalue weighted by atomic mass is 16.5. The lowest BCUT2D eigenvalue weighted by atomic mass is 10.2. The van der Waals surface area contributed by atoms with Crippen molar-refractivity contribution in [2.75, 3.05) is 31.7 Å². The molecule has 5 heteroatoms. The quantitative estimate of drug-likeness (QED) is 0.651. The molecule has 0 heterocycles. The van der Waals surface area contributed by atoms with Crippen LogP contribution in [-0.4, -0.2) is 38.3 Å². The van der Waals surface area contributed by atoms with Crippen LogP contribution in [0.25, 0.3) is 0 Å². The smallest absolute Gasteiger partial charge is 0.238 e. The lowest BCUT2D eigenvalue weighted by molar-refractivity contribution is -0.115. The van der Waals surface area contributed by atoms with Crippen molar-refractivity contribution in [1.29, 1.82) is 0 Å². The molecule has 0 saturated heterocycles. The monoisotopic (exact) mass is 294 g/mol. The van der Waals surface area contributed by atoms with Crippen LogP contribution in [0.4, 0.5) is 5.69 Å². The summed E-state index contributed by atoms with van der Waals surface area (Å²) in [5.74, 6) is 0.588. The van der Waals surface area contributed by atoms with Gasteiger partial charge in [0.15, 0.2) is 0 Å². The lowest BCUT2D eigenvalue weighted by Crippen LogP contribution is -2.34. The van der Waals surface area contributed by atoms with Crippen LogP contribution in [0, 0.1) is 0 Å². The Labute approximate surface area is 127 Å². The second-order valence-corrected chi connectivity index (χ2v) is 4.78. The van der Waals surface area contributed by atoms with Gasteiger partial charge in [-0.3, -0.25) is 4.79 Å². The first-order chi connectivity index (χ1) is 10.2. The van der Waals surface area contributed by atoms with E-state index >= 15 is 0 Å². The first-order valence-corrected chi connectivity index (χ1v) is 7.50. The summed E-state index contributed by atoms with van der Waals surface area (Å²) in [5, 5.41) is 6.02. The fraction of sp³-hybridized carbons (Fsp3) is 0.562. The Balaban J connectivity index is 2.48. The minimum absolute atomic E-state index is 0.0730. The molecule has 1 aromatic rings. The van der Waals surface area contributed by atoms with Crippen molar-refractivity contribution in [3.8, 4) is 5.75 Å². The minimum atomic E-state index is -0.0730. The van der Waals surface area contributed by atoms with E-state index in [0.717, 1.165) is 6.42 Å². The SMILES string of the molecule is CCOCCOc1ccccc1NC(=O)CNC(C)CC. The fourth-order valence-electron chi connectivity index (χ4n) is 1.66. The zero-order valence-corrected chi connectivity index (χ0v) is 13.1. The molecule has 0 aliphatic carbocycles. The van der Waals surface area contributed by atoms with Crippen LogP contribution < -0.4 is 15.4 Å². The number of ether oxygens (including phenoxy) is 2. The number of hydrogen-bond acceptors (Lipinski definition) is 4. The molecule has 0 radical (unpaired) electrons. The van der Waals surface area contributed by atoms with Gasteiger partial charge in [0.25, 0.3) is 0 Å². The first-order valence-electron chi connectivity index (χ1n) is 7.50. The summed E-state index contributed by atoms with van der Waals surface area (Å²) in [5.41, 5.74) is 0.685. The van der Waals surface area contributed by atoms with E-state index in [0.29, 0.717) is 43.8 Å². The Morgan fingerprint density at radius 3 is 2.71 bits per heavy atom. The second kappa shape index (κ2) is 10.2. The molecule has 1 rings (SSSR count). The summed E-state index contributed by atoms with van der Waals surface area (Å²) < 4.78 is 10.9. The maximum Gasteiger partial charge on any atom is 0.238 e. The third-order valence-electron chi connectivity index (χ3n) is 3.07. The van der Waals surface area contributed by atoms with E-state index in [1.807, 2.05) is 31.2 Å². The minimum Gasteiger partial charge on any atom is -0.489 e. The van der Waals surface area contributed by atoms with Gasteiger partial charge in [-0.1, -0.05) is 19.1 Å². The molecule has 118 valence electrons. The van der Waals surface area contributed by atoms with Gasteiger partial charge >= 0.3 is 0 Å². The van der Waals surface area contributed by atoms with Gasteiger partial charge in [-0.05, 0) is 32.4 Å². The summed E-state index contributed by atoms with van der Waals surface area (Å²) >= 11 is 0. The number of para-hydroxylation sites is 2. The number of amides is 1. The molecule has 1 aromatic carbocycles. The molecule has 0 aliphatic heterocycles. The van der Waals surface area contributed by atoms with Crippen molar-refractivity contribution in [3.63, 3.8) is 0 Å². The van der Waals surface area contributed by atoms with E-state index < -0.39 is 0 Å². The molecule has 2 N–H and O–H groups in total. The van der Waals surface area contributed by atoms with Crippen LogP contribution in [0.3, 0.4) is 0 Å². The number of hydrogen-bond donors (Lipinski definition) is 2. The van der Waals surface area contributed by atoms with Crippen molar-refractivity contribution in [3.05, 3.63) is 24.3 Å². The van der Waals surface area contributed by atoms with Gasteiger partial charge in [-0.25, -0.2) is 0 Å². The first kappa shape index (κ1) is 17.5. The summed E-state index contributed by atoms with van der Waals surface area (Å²) in [6.07, 6.45) is 0.990. The van der Waals surface area contributed by atoms with E-state index in [9.17, 15) is 4.79 Å². The van der Waals surface area contributed by atoms with Gasteiger partial charge in [0, 0.05) is 12.6 Å². The maximum atomic E-state index is 11.9. The maximum absolute atomic E-state index is 11.9. The normalized spacial score (nSPS) is 12.0. The van der Waals surface area contributed by atoms with E-state index in [4.69, 9.17) is 9.47 Å². The van der Waals surface area contributed by atoms with E-state index in [1.165, 1.54) is 0 Å². The Bertz CT molecular complexity index is 424. The largest absolute Gasteiger partial charge is 0.489 e. The highest BCUT2D eigenvalue weighted by Gasteiger charge is 2.08. The molecule has 0 bridgehead atoms. The van der Waals surface area contributed by atoms with Gasteiger partial charge in [-0.2, -0.15) is 0 Å². The van der Waals surface area contributed by atoms with Crippen molar-refractivity contribution < 1.29 is 14.3 Å². The summed E-state index contributed by atoms with van der Waals surface area (Å²) in [7, 11) is 0. The van der Waals surface area contributed by atoms with Crippen LogP contribution in [0.15, 0.2) is 24.3 Å². The fourth-order valence-corrected chi connectivity index (χ4v) is 1.66. The number of nitrogens with one attached hydrogen (secondary N) is 2. The molecule has 5 nitrogen and oxygen atoms in total. The van der Waals surface area contributed by atoms with Crippen molar-refractivity contribution in [1.82, 2.24) is 5.32 Å². The number of carbonyl (C=O) groups is 1. The third-order valence-corrected chi connectivity index (χ3v) is 3.07. The molecule has 0 spiro atoms. The average molecular weight is 294 g/mol. The van der Waals surface area contributed by atoms with Crippen LogP contribution in [0.1, 0.15) is 27.2 Å². The number of anilines is 1. The lowest BCUT2D eigenvalue weighted by Gasteiger charge is -2.14. The molecule has 0 aliphatic rings. The molecular weight excluding hydrogens is 268 g/mol. The third kappa shape index (κ3) is 7.11. The van der Waals surface area contributed by atoms with Crippen molar-refractivity contribution >= 4 is 11.6 Å². The van der Waals surface area contributed by atoms with Crippen LogP contribution in [0.5, 0.6) is 5.75 Å². The zero-order chi connectivity index (χ0) is 15.5. The molecule has 1 unspecified atom stereocenters. The molecule has 0 aromatic heterocycles. The van der Waals surface area contributed by atoms with E-state index in [2.05, 4.69) is 24.5 Å². The standard InChI is InChI=1S/C16H26N2O3/c1-4-13(3)17-12-16(19)18-14-8-6-7-9-15(14)21-11-10-20-5-2/h6-9,13,17H,4-5,10-12H2,1-3H3,(H,18,19). The van der Waals surface area contributed by atoms with Crippen LogP contribution in [0.2, 0.25) is 0 Å². The number of benzene rings is 1. The molecule has 1 atom stereocenters. The zero-order valence-electron chi connectivity index (χ0n) is 13.1. The number of rotatable bonds is 10. The Morgan fingerprint density at radius 2 is 2.00 bits per heavy atom. The highest BCUT2D eigenvalue weighted by Crippen LogP contribution is 2.23. The molecule has 1 amide bonds. The Hall–Kier alpha value is -1.59. The van der Waals surface area contributed by atoms with Crippen LogP contribution >= 0.6 is 0 Å². The highest BCUT2D eigenvalue weighted by molar-refractivity contribution is 5.93. The summed E-state index contributed by atoms with van der Waals surface area (Å²) in [4.78, 5) is 11.9.